The summed E-state index contributed by atoms with van der Waals surface area (Å²) in [4.78, 5) is 0. The SMILES string of the molecule is C.NCC1O[C@H](OC2C(N)C[C@@H](N)C(O)[C@H]2O[C@@H]2O[C@H](CNC(=S)Nc3cccc(NC(=S)NC[C@H]4O[C@@H](OC5C(O[C@@H]6OC(CN)C(O)[C@H](O)C6N)C(N)C[C@H](N)[C@@H]5O)C(O)C4O[C@@H]4O[C@H](CN)C(O)C(O)C4N)c3)C(O[C@H]3O[C@@H](CN)C(O)C(O)C3N)[C@@H]2O)C(N)[C@@H](O)C1O. The second-order valence-corrected chi connectivity index (χ2v) is 26.2. The van der Waals surface area contributed by atoms with Crippen molar-refractivity contribution in [3.63, 3.8) is 0 Å². The van der Waals surface area contributed by atoms with Crippen LogP contribution in [-0.2, 0) is 56.8 Å². The lowest BCUT2D eigenvalue weighted by Crippen LogP contribution is -2.68. The van der Waals surface area contributed by atoms with Gasteiger partial charge in [0, 0.05) is 74.8 Å². The highest BCUT2D eigenvalue weighted by Crippen LogP contribution is 2.38. The molecule has 42 heteroatoms. The summed E-state index contributed by atoms with van der Waals surface area (Å²) in [6.07, 6.45) is -43.2. The monoisotopic (exact) mass is 1430 g/mol. The summed E-state index contributed by atoms with van der Waals surface area (Å²) in [7, 11) is 0. The van der Waals surface area contributed by atoms with Crippen LogP contribution in [0.5, 0.6) is 0 Å². The summed E-state index contributed by atoms with van der Waals surface area (Å²) < 4.78 is 73.3. The van der Waals surface area contributed by atoms with Gasteiger partial charge in [-0.2, -0.15) is 0 Å². The lowest BCUT2D eigenvalue weighted by atomic mass is 9.84. The van der Waals surface area contributed by atoms with Gasteiger partial charge in [0.05, 0.1) is 36.4 Å². The Balaban J connectivity index is 0.0000120. The second-order valence-electron chi connectivity index (χ2n) is 25.4. The Hall–Kier alpha value is -2.84. The molecule has 0 bridgehead atoms. The van der Waals surface area contributed by atoms with Gasteiger partial charge in [-0.05, 0) is 55.5 Å². The molecule has 6 saturated heterocycles. The molecule has 0 aromatic heterocycles. The molecule has 6 aliphatic heterocycles. The van der Waals surface area contributed by atoms with Crippen molar-refractivity contribution in [1.29, 1.82) is 0 Å². The number of rotatable bonds is 22. The molecule has 0 radical (unpaired) electrons. The van der Waals surface area contributed by atoms with Crippen molar-refractivity contribution in [1.82, 2.24) is 10.6 Å². The molecule has 40 nitrogen and oxygen atoms in total. The number of nitrogens with one attached hydrogen (secondary N) is 4. The molecule has 558 valence electrons. The zero-order chi connectivity index (χ0) is 70.0. The van der Waals surface area contributed by atoms with E-state index in [9.17, 15) is 61.3 Å². The van der Waals surface area contributed by atoms with Crippen LogP contribution >= 0.6 is 24.4 Å². The molecule has 40 N–H and O–H groups in total. The number of thiocarbonyl (C=S) groups is 2. The maximum Gasteiger partial charge on any atom is 0.187 e. The molecule has 8 aliphatic rings. The van der Waals surface area contributed by atoms with Gasteiger partial charge in [-0.3, -0.25) is 0 Å². The number of hydrogen-bond acceptors (Lipinski definition) is 38. The summed E-state index contributed by atoms with van der Waals surface area (Å²) >= 11 is 11.4. The standard InChI is InChI=1S/C54H98N16O24S2.CH4/c55-7-19-31(73)35(77)25(63)47(83-19)89-41-17(61)5-15(59)29(71)45(41)93-51-39(81)43(91-49-27(65)37(79)33(75)21(9-57)85-49)23(87-51)11-67-53(95)69-13-2-1-3-14(4-13)70-54(96)68-12-24-44(92-50-28(66)38(80)34(76)22(10-58)86-50)40(82)52(88-24)94-46-30(72)16(60)6-18(62)42(46)90-48-26(64)36(78)32(74)20(8-56)84-48;/h1-4,15-52,71-82H,5-12,55-66H2,(H2,67,69,95)(H2,68,70,96);1H4/t15-,16+,17?,18?,19?,20?,21+,22-,23-,24-,25?,26?,27?,28?,29?,30+,31?,32?,33?,34?,35-,36-,37?,38?,39+,40?,41?,42?,43?,44?,45-,46?,47-,48+,49-,50+,51+,52+;/m1./s1. The molecule has 1 aromatic carbocycles. The highest BCUT2D eigenvalue weighted by molar-refractivity contribution is 7.80. The van der Waals surface area contributed by atoms with Crippen LogP contribution in [0.1, 0.15) is 20.3 Å². The minimum atomic E-state index is -1.75. The van der Waals surface area contributed by atoms with Gasteiger partial charge in [0.15, 0.2) is 48.0 Å². The van der Waals surface area contributed by atoms with Crippen LogP contribution in [-0.4, -0.2) is 343 Å². The van der Waals surface area contributed by atoms with Crippen molar-refractivity contribution in [2.75, 3.05) is 49.9 Å². The van der Waals surface area contributed by atoms with Crippen LogP contribution < -0.4 is 90.1 Å². The quantitative estimate of drug-likeness (QED) is 0.0479. The van der Waals surface area contributed by atoms with Gasteiger partial charge >= 0.3 is 0 Å². The van der Waals surface area contributed by atoms with Crippen molar-refractivity contribution in [3.05, 3.63) is 24.3 Å². The molecule has 2 aliphatic carbocycles. The largest absolute Gasteiger partial charge is 0.389 e. The fourth-order valence-electron chi connectivity index (χ4n) is 12.9. The van der Waals surface area contributed by atoms with E-state index in [1.165, 1.54) is 0 Å². The lowest BCUT2D eigenvalue weighted by molar-refractivity contribution is -0.306. The van der Waals surface area contributed by atoms with Crippen LogP contribution in [0.2, 0.25) is 0 Å². The van der Waals surface area contributed by atoms with Crippen LogP contribution in [0.4, 0.5) is 11.4 Å². The summed E-state index contributed by atoms with van der Waals surface area (Å²) in [5.41, 5.74) is 74.8. The van der Waals surface area contributed by atoms with Gasteiger partial charge in [0.25, 0.3) is 0 Å². The zero-order valence-corrected chi connectivity index (χ0v) is 53.5. The number of hydrogen-bond donors (Lipinski definition) is 28. The van der Waals surface area contributed by atoms with Crippen molar-refractivity contribution >= 4 is 46.0 Å². The highest BCUT2D eigenvalue weighted by atomic mass is 32.1. The number of aliphatic hydroxyl groups excluding tert-OH is 12. The summed E-state index contributed by atoms with van der Waals surface area (Å²) in [5.74, 6) is 0. The van der Waals surface area contributed by atoms with E-state index in [2.05, 4.69) is 21.3 Å². The van der Waals surface area contributed by atoms with Crippen molar-refractivity contribution in [2.24, 2.45) is 68.8 Å². The third kappa shape index (κ3) is 17.7. The predicted molar refractivity (Wildman–Crippen MR) is 344 cm³/mol. The Morgan fingerprint density at radius 3 is 0.918 bits per heavy atom. The van der Waals surface area contributed by atoms with E-state index in [4.69, 9.17) is 150 Å². The van der Waals surface area contributed by atoms with Gasteiger partial charge in [-0.1, -0.05) is 13.5 Å². The molecular formula is C55H102N16O24S2. The second kappa shape index (κ2) is 34.6. The molecule has 38 atom stereocenters. The maximum atomic E-state index is 12.0. The minimum Gasteiger partial charge on any atom is -0.389 e. The Labute approximate surface area is 568 Å². The van der Waals surface area contributed by atoms with E-state index >= 15 is 0 Å². The Bertz CT molecular complexity index is 2500. The van der Waals surface area contributed by atoms with E-state index in [0.29, 0.717) is 11.4 Å². The summed E-state index contributed by atoms with van der Waals surface area (Å²) in [6.45, 7) is -1.47. The van der Waals surface area contributed by atoms with Crippen molar-refractivity contribution in [3.8, 4) is 0 Å². The first-order valence-corrected chi connectivity index (χ1v) is 32.4. The van der Waals surface area contributed by atoms with Crippen LogP contribution in [0.3, 0.4) is 0 Å². The van der Waals surface area contributed by atoms with E-state index in [1.54, 1.807) is 24.3 Å². The van der Waals surface area contributed by atoms with Crippen LogP contribution in [0.25, 0.3) is 0 Å². The predicted octanol–water partition coefficient (Wildman–Crippen LogP) is -14.9. The lowest BCUT2D eigenvalue weighted by Gasteiger charge is -2.47. The number of aliphatic hydroxyl groups is 12. The molecule has 0 spiro atoms. The zero-order valence-electron chi connectivity index (χ0n) is 51.9. The third-order valence-electron chi connectivity index (χ3n) is 18.7. The maximum absolute atomic E-state index is 12.0. The Morgan fingerprint density at radius 1 is 0.361 bits per heavy atom. The van der Waals surface area contributed by atoms with Gasteiger partial charge in [0.1, 0.15) is 134 Å². The van der Waals surface area contributed by atoms with E-state index in [0.717, 1.165) is 0 Å². The Kier molecular flexibility index (Phi) is 28.5. The molecule has 8 fully saturated rings. The Morgan fingerprint density at radius 2 is 0.629 bits per heavy atom. The molecule has 9 rings (SSSR count). The van der Waals surface area contributed by atoms with Crippen LogP contribution in [0, 0.1) is 0 Å². The molecule has 2 saturated carbocycles. The normalized spacial score (nSPS) is 48.0. The highest BCUT2D eigenvalue weighted by Gasteiger charge is 2.58. The first kappa shape index (κ1) is 79.9. The van der Waals surface area contributed by atoms with Gasteiger partial charge in [0.2, 0.25) is 0 Å². The van der Waals surface area contributed by atoms with Gasteiger partial charge < -0.3 is 208 Å². The number of anilines is 2. The first-order valence-electron chi connectivity index (χ1n) is 31.6. The number of benzene rings is 1. The van der Waals surface area contributed by atoms with Crippen molar-refractivity contribution < 1.29 is 118 Å². The number of nitrogens with two attached hydrogens (primary N) is 12. The molecule has 97 heavy (non-hydrogen) atoms. The van der Waals surface area contributed by atoms with E-state index in [1.807, 2.05) is 0 Å². The van der Waals surface area contributed by atoms with Gasteiger partial charge in [-0.25, -0.2) is 0 Å². The van der Waals surface area contributed by atoms with E-state index in [-0.39, 0.29) is 69.8 Å². The average molecular weight is 1440 g/mol. The van der Waals surface area contributed by atoms with E-state index < -0.39 is 233 Å². The summed E-state index contributed by atoms with van der Waals surface area (Å²) in [6, 6.07) is -2.73. The summed E-state index contributed by atoms with van der Waals surface area (Å²) in [5, 5.41) is 145. The van der Waals surface area contributed by atoms with Crippen molar-refractivity contribution in [2.45, 2.75) is 253 Å². The minimum absolute atomic E-state index is 0. The fraction of sp³-hybridized carbons (Fsp3) is 0.855. The molecule has 21 unspecified atom stereocenters. The molecule has 6 heterocycles. The van der Waals surface area contributed by atoms with Gasteiger partial charge in [-0.15, -0.1) is 0 Å². The molecule has 1 aromatic rings. The fourth-order valence-corrected chi connectivity index (χ4v) is 13.3. The molecular weight excluding hydrogens is 1330 g/mol. The number of ether oxygens (including phenoxy) is 12. The van der Waals surface area contributed by atoms with Crippen LogP contribution in [0.15, 0.2) is 24.3 Å². The smallest absolute Gasteiger partial charge is 0.187 e. The first-order chi connectivity index (χ1) is 45.5. The average Bonchev–Trinajstić information content (AvgIpc) is 1.13. The third-order valence-corrected chi connectivity index (χ3v) is 19.2. The molecule has 0 amide bonds. The topological polar surface area (TPSA) is 714 Å².